The van der Waals surface area contributed by atoms with E-state index in [0.717, 1.165) is 10.1 Å². The third kappa shape index (κ3) is 3.50. The Balaban J connectivity index is 1.74. The molecular weight excluding hydrogens is 298 g/mol. The van der Waals surface area contributed by atoms with E-state index in [1.807, 2.05) is 12.1 Å². The maximum absolute atomic E-state index is 5.80. The topological polar surface area (TPSA) is 51.8 Å². The summed E-state index contributed by atoms with van der Waals surface area (Å²) in [6.07, 6.45) is 0. The van der Waals surface area contributed by atoms with E-state index in [1.165, 1.54) is 22.3 Å². The van der Waals surface area contributed by atoms with Gasteiger partial charge in [0, 0.05) is 12.3 Å². The summed E-state index contributed by atoms with van der Waals surface area (Å²) >= 11 is 3.29. The summed E-state index contributed by atoms with van der Waals surface area (Å²) in [6, 6.07) is 16.9. The van der Waals surface area contributed by atoms with Gasteiger partial charge in [0.05, 0.1) is 0 Å². The molecule has 0 unspecified atom stereocenters. The largest absolute Gasteiger partial charge is 0.326 e. The van der Waals surface area contributed by atoms with E-state index >= 15 is 0 Å². The highest BCUT2D eigenvalue weighted by molar-refractivity contribution is 8.00. The summed E-state index contributed by atoms with van der Waals surface area (Å²) in [5.41, 5.74) is 12.4. The molecule has 0 aliphatic rings. The van der Waals surface area contributed by atoms with Gasteiger partial charge in [-0.15, -0.1) is 10.2 Å². The van der Waals surface area contributed by atoms with Crippen molar-refractivity contribution < 1.29 is 0 Å². The molecule has 0 fully saturated rings. The normalized spacial score (nSPS) is 10.7. The minimum atomic E-state index is 0.560. The van der Waals surface area contributed by atoms with Crippen LogP contribution in [-0.2, 0) is 12.3 Å². The van der Waals surface area contributed by atoms with Crippen LogP contribution in [0.25, 0.3) is 11.1 Å². The molecule has 0 spiro atoms. The van der Waals surface area contributed by atoms with Gasteiger partial charge in [-0.2, -0.15) is 0 Å². The van der Waals surface area contributed by atoms with Crippen molar-refractivity contribution in [2.24, 2.45) is 5.73 Å². The van der Waals surface area contributed by atoms with Gasteiger partial charge in [0.25, 0.3) is 0 Å². The molecule has 0 saturated heterocycles. The molecule has 3 aromatic rings. The molecule has 0 saturated carbocycles. The van der Waals surface area contributed by atoms with E-state index in [4.69, 9.17) is 5.73 Å². The van der Waals surface area contributed by atoms with Gasteiger partial charge in [0.1, 0.15) is 5.51 Å². The second-order valence-electron chi connectivity index (χ2n) is 4.55. The van der Waals surface area contributed by atoms with E-state index in [9.17, 15) is 0 Å². The summed E-state index contributed by atoms with van der Waals surface area (Å²) in [7, 11) is 0. The smallest absolute Gasteiger partial charge is 0.174 e. The van der Waals surface area contributed by atoms with Crippen LogP contribution in [0.2, 0.25) is 0 Å². The van der Waals surface area contributed by atoms with E-state index < -0.39 is 0 Å². The molecule has 3 nitrogen and oxygen atoms in total. The third-order valence-electron chi connectivity index (χ3n) is 3.20. The fourth-order valence-corrected chi connectivity index (χ4v) is 3.58. The SMILES string of the molecule is NCc1ccccc1-c1ccc(CSc2nncs2)cc1. The van der Waals surface area contributed by atoms with Crippen LogP contribution >= 0.6 is 23.1 Å². The first-order valence-corrected chi connectivity index (χ1v) is 8.49. The molecule has 0 aliphatic heterocycles. The number of benzene rings is 2. The first-order valence-electron chi connectivity index (χ1n) is 6.63. The minimum Gasteiger partial charge on any atom is -0.326 e. The van der Waals surface area contributed by atoms with E-state index in [1.54, 1.807) is 28.6 Å². The van der Waals surface area contributed by atoms with Gasteiger partial charge in [-0.25, -0.2) is 0 Å². The highest BCUT2D eigenvalue weighted by Gasteiger charge is 2.04. The van der Waals surface area contributed by atoms with Gasteiger partial charge in [-0.3, -0.25) is 0 Å². The Kier molecular flexibility index (Phi) is 4.65. The van der Waals surface area contributed by atoms with Gasteiger partial charge >= 0.3 is 0 Å². The molecule has 0 aliphatic carbocycles. The number of nitrogens with two attached hydrogens (primary N) is 1. The number of thioether (sulfide) groups is 1. The number of hydrogen-bond donors (Lipinski definition) is 1. The molecule has 5 heteroatoms. The van der Waals surface area contributed by atoms with Crippen molar-refractivity contribution in [2.45, 2.75) is 16.6 Å². The van der Waals surface area contributed by atoms with Crippen LogP contribution in [0.15, 0.2) is 58.4 Å². The van der Waals surface area contributed by atoms with E-state index in [0.29, 0.717) is 6.54 Å². The number of aromatic nitrogens is 2. The quantitative estimate of drug-likeness (QED) is 0.725. The summed E-state index contributed by atoms with van der Waals surface area (Å²) in [5.74, 6) is 0.911. The molecule has 0 amide bonds. The summed E-state index contributed by atoms with van der Waals surface area (Å²) < 4.78 is 1.01. The standard InChI is InChI=1S/C16H15N3S2/c17-9-14-3-1-2-4-15(14)13-7-5-12(6-8-13)10-20-16-19-18-11-21-16/h1-8,11H,9-10,17H2. The van der Waals surface area contributed by atoms with Crippen molar-refractivity contribution >= 4 is 23.1 Å². The van der Waals surface area contributed by atoms with Crippen molar-refractivity contribution in [3.05, 3.63) is 65.2 Å². The van der Waals surface area contributed by atoms with Crippen LogP contribution < -0.4 is 5.73 Å². The van der Waals surface area contributed by atoms with Crippen LogP contribution in [-0.4, -0.2) is 10.2 Å². The molecule has 2 N–H and O–H groups in total. The average Bonchev–Trinajstić information content (AvgIpc) is 3.07. The zero-order chi connectivity index (χ0) is 14.5. The predicted molar refractivity (Wildman–Crippen MR) is 89.2 cm³/mol. The fraction of sp³-hybridized carbons (Fsp3) is 0.125. The van der Waals surface area contributed by atoms with Crippen LogP contribution in [0.1, 0.15) is 11.1 Å². The van der Waals surface area contributed by atoms with Gasteiger partial charge in [0.15, 0.2) is 4.34 Å². The molecule has 3 rings (SSSR count). The Labute approximate surface area is 132 Å². The van der Waals surface area contributed by atoms with E-state index in [-0.39, 0.29) is 0 Å². The monoisotopic (exact) mass is 313 g/mol. The van der Waals surface area contributed by atoms with E-state index in [2.05, 4.69) is 46.6 Å². The van der Waals surface area contributed by atoms with Crippen molar-refractivity contribution in [1.82, 2.24) is 10.2 Å². The fourth-order valence-electron chi connectivity index (χ4n) is 2.13. The maximum atomic E-state index is 5.80. The first kappa shape index (κ1) is 14.3. The average molecular weight is 313 g/mol. The summed E-state index contributed by atoms with van der Waals surface area (Å²) in [6.45, 7) is 0.560. The Morgan fingerprint density at radius 3 is 2.57 bits per heavy atom. The molecule has 0 atom stereocenters. The Hall–Kier alpha value is -1.69. The highest BCUT2D eigenvalue weighted by Crippen LogP contribution is 2.27. The van der Waals surface area contributed by atoms with Crippen LogP contribution in [0.3, 0.4) is 0 Å². The lowest BCUT2D eigenvalue weighted by Gasteiger charge is -2.08. The Morgan fingerprint density at radius 1 is 1.05 bits per heavy atom. The van der Waals surface area contributed by atoms with Crippen LogP contribution in [0.5, 0.6) is 0 Å². The molecule has 2 aromatic carbocycles. The maximum Gasteiger partial charge on any atom is 0.174 e. The summed E-state index contributed by atoms with van der Waals surface area (Å²) in [5, 5.41) is 7.88. The van der Waals surface area contributed by atoms with Gasteiger partial charge in [0.2, 0.25) is 0 Å². The lowest BCUT2D eigenvalue weighted by molar-refractivity contribution is 1.01. The Bertz CT molecular complexity index is 694. The zero-order valence-electron chi connectivity index (χ0n) is 11.4. The lowest BCUT2D eigenvalue weighted by atomic mass is 9.99. The molecule has 0 bridgehead atoms. The third-order valence-corrected chi connectivity index (χ3v) is 5.14. The molecular formula is C16H15N3S2. The van der Waals surface area contributed by atoms with Crippen LogP contribution in [0, 0.1) is 0 Å². The van der Waals surface area contributed by atoms with Crippen molar-refractivity contribution in [1.29, 1.82) is 0 Å². The minimum absolute atomic E-state index is 0.560. The first-order chi connectivity index (χ1) is 10.4. The number of rotatable bonds is 5. The van der Waals surface area contributed by atoms with Crippen LogP contribution in [0.4, 0.5) is 0 Å². The van der Waals surface area contributed by atoms with Crippen molar-refractivity contribution in [3.8, 4) is 11.1 Å². The number of hydrogen-bond acceptors (Lipinski definition) is 5. The van der Waals surface area contributed by atoms with Crippen molar-refractivity contribution in [3.63, 3.8) is 0 Å². The molecule has 21 heavy (non-hydrogen) atoms. The molecule has 1 aromatic heterocycles. The van der Waals surface area contributed by atoms with Gasteiger partial charge < -0.3 is 5.73 Å². The summed E-state index contributed by atoms with van der Waals surface area (Å²) in [4.78, 5) is 0. The lowest BCUT2D eigenvalue weighted by Crippen LogP contribution is -1.98. The van der Waals surface area contributed by atoms with Gasteiger partial charge in [-0.05, 0) is 22.3 Å². The molecule has 106 valence electrons. The molecule has 1 heterocycles. The van der Waals surface area contributed by atoms with Gasteiger partial charge in [-0.1, -0.05) is 71.6 Å². The number of nitrogens with zero attached hydrogens (tertiary/aromatic N) is 2. The zero-order valence-corrected chi connectivity index (χ0v) is 13.0. The predicted octanol–water partition coefficient (Wildman–Crippen LogP) is 3.96. The van der Waals surface area contributed by atoms with Crippen molar-refractivity contribution in [2.75, 3.05) is 0 Å². The molecule has 0 radical (unpaired) electrons. The highest BCUT2D eigenvalue weighted by atomic mass is 32.2. The Morgan fingerprint density at radius 2 is 1.86 bits per heavy atom. The second kappa shape index (κ2) is 6.85. The second-order valence-corrected chi connectivity index (χ2v) is 6.61.